The fourth-order valence-electron chi connectivity index (χ4n) is 15.8. The third-order valence-corrected chi connectivity index (χ3v) is 25.9. The minimum Gasteiger partial charge on any atom is -0.373 e. The summed E-state index contributed by atoms with van der Waals surface area (Å²) in [5.74, 6) is 0. The van der Waals surface area contributed by atoms with Crippen LogP contribution in [0.5, 0.6) is 0 Å². The zero-order valence-corrected chi connectivity index (χ0v) is 37.7. The molecular formula is C50H68N2O4P2. The summed E-state index contributed by atoms with van der Waals surface area (Å²) >= 11 is 0. The van der Waals surface area contributed by atoms with Crippen LogP contribution in [-0.4, -0.2) is 107 Å². The Morgan fingerprint density at radius 2 is 0.741 bits per heavy atom. The van der Waals surface area contributed by atoms with E-state index in [2.05, 4.69) is 99.9 Å². The molecule has 0 spiro atoms. The number of hydrogen-bond acceptors (Lipinski definition) is 6. The molecule has 13 rings (SSSR count). The van der Waals surface area contributed by atoms with Gasteiger partial charge in [-0.25, -0.2) is 0 Å². The van der Waals surface area contributed by atoms with Crippen LogP contribution in [0.2, 0.25) is 0 Å². The molecule has 11 fully saturated rings. The van der Waals surface area contributed by atoms with E-state index in [0.29, 0.717) is 94.7 Å². The van der Waals surface area contributed by atoms with Crippen LogP contribution >= 0.6 is 15.8 Å². The highest BCUT2D eigenvalue weighted by Crippen LogP contribution is 2.77. The number of fused-ring (bicyclic) bond motifs is 2. The standard InChI is InChI=1S/C50H68N2O4P2/c1-49(2,3)27-19-23-29(24-20-27)51-31-11-7-13-33-43(31)57-45-35(53-33)15-10-18-38(45)56-42-40-48-41(39(51)47(42)57)55-37-17-9-16-36-46(37)58(48)44-32(12-8-14-34(44)54-36)52(40)30-25-21-28(22-26-30)50(4,5)6/h19-26,31-48H,7-18H2,1-6H3. The number of ether oxygens (including phenoxy) is 4. The maximum absolute atomic E-state index is 8.06. The molecule has 6 aliphatic heterocycles. The van der Waals surface area contributed by atoms with E-state index in [1.54, 1.807) is 0 Å². The summed E-state index contributed by atoms with van der Waals surface area (Å²) in [4.78, 5) is 6.11. The maximum atomic E-state index is 8.06. The summed E-state index contributed by atoms with van der Waals surface area (Å²) in [6.07, 6.45) is 17.7. The van der Waals surface area contributed by atoms with Crippen molar-refractivity contribution in [2.45, 2.75) is 236 Å². The van der Waals surface area contributed by atoms with Crippen molar-refractivity contribution >= 4 is 27.2 Å². The van der Waals surface area contributed by atoms with E-state index in [9.17, 15) is 0 Å². The Bertz CT molecular complexity index is 1780. The first kappa shape index (κ1) is 37.3. The van der Waals surface area contributed by atoms with E-state index in [4.69, 9.17) is 18.9 Å². The van der Waals surface area contributed by atoms with Crippen molar-refractivity contribution in [2.75, 3.05) is 9.80 Å². The number of anilines is 2. The van der Waals surface area contributed by atoms with Crippen LogP contribution in [0, 0.1) is 0 Å². The minimum atomic E-state index is -0.343. The molecule has 6 nitrogen and oxygen atoms in total. The highest BCUT2D eigenvalue weighted by Gasteiger charge is 2.76. The number of nitrogens with zero attached hydrogens (tertiary/aromatic N) is 2. The Morgan fingerprint density at radius 1 is 0.414 bits per heavy atom. The second kappa shape index (κ2) is 13.1. The Morgan fingerprint density at radius 3 is 1.10 bits per heavy atom. The van der Waals surface area contributed by atoms with Crippen molar-refractivity contribution in [3.05, 3.63) is 59.7 Å². The Kier molecular flexibility index (Phi) is 8.45. The van der Waals surface area contributed by atoms with Gasteiger partial charge in [-0.3, -0.25) is 0 Å². The van der Waals surface area contributed by atoms with Gasteiger partial charge in [0.25, 0.3) is 0 Å². The largest absolute Gasteiger partial charge is 0.373 e. The molecule has 2 aromatic carbocycles. The van der Waals surface area contributed by atoms with Crippen LogP contribution in [0.25, 0.3) is 0 Å². The molecule has 11 aliphatic rings. The summed E-state index contributed by atoms with van der Waals surface area (Å²) < 4.78 is 30.9. The van der Waals surface area contributed by atoms with Crippen LogP contribution < -0.4 is 9.80 Å². The smallest absolute Gasteiger partial charge is 0.0877 e. The molecule has 8 heteroatoms. The first-order valence-electron chi connectivity index (χ1n) is 24.0. The molecule has 312 valence electrons. The van der Waals surface area contributed by atoms with E-state index in [1.807, 2.05) is 0 Å². The number of hydrogen-bond donors (Lipinski definition) is 0. The summed E-state index contributed by atoms with van der Waals surface area (Å²) in [5, 5.41) is 0. The first-order valence-corrected chi connectivity index (χ1v) is 27.1. The minimum absolute atomic E-state index is 0.127. The fraction of sp³-hybridized carbons (Fsp3) is 0.760. The van der Waals surface area contributed by atoms with Crippen LogP contribution in [-0.2, 0) is 29.8 Å². The zero-order chi connectivity index (χ0) is 39.0. The molecule has 2 aromatic rings. The Hall–Kier alpha value is -1.26. The molecule has 0 aromatic heterocycles. The van der Waals surface area contributed by atoms with Gasteiger partial charge in [-0.15, -0.1) is 0 Å². The van der Waals surface area contributed by atoms with Crippen LogP contribution in [0.3, 0.4) is 0 Å². The van der Waals surface area contributed by atoms with E-state index in [0.717, 1.165) is 0 Å². The highest BCUT2D eigenvalue weighted by molar-refractivity contribution is 7.61. The van der Waals surface area contributed by atoms with E-state index >= 15 is 0 Å². The quantitative estimate of drug-likeness (QED) is 0.281. The molecule has 0 N–H and O–H groups in total. The molecule has 6 saturated heterocycles. The lowest BCUT2D eigenvalue weighted by atomic mass is 9.76. The highest BCUT2D eigenvalue weighted by atomic mass is 31.1. The van der Waals surface area contributed by atoms with Gasteiger partial charge < -0.3 is 28.7 Å². The second-order valence-electron chi connectivity index (χ2n) is 22.8. The first-order chi connectivity index (χ1) is 28.0. The molecule has 58 heavy (non-hydrogen) atoms. The predicted molar refractivity (Wildman–Crippen MR) is 237 cm³/mol. The molecule has 5 aliphatic carbocycles. The molecule has 20 unspecified atom stereocenters. The SMILES string of the molecule is CC(C)(C)c1ccc(N2C3CCCC4OC5CCCC6OC7C8C9C(OC%10CCCC%11OC%12CCCC(C%12P9C%11%10)N8c8ccc(C(C)(C)C)cc8)C2C7P(C56)C43)cc1. The molecule has 0 radical (unpaired) electrons. The Balaban J connectivity index is 1.03. The summed E-state index contributed by atoms with van der Waals surface area (Å²) in [5.41, 5.74) is 9.38. The average molecular weight is 823 g/mol. The van der Waals surface area contributed by atoms with Crippen LogP contribution in [0.15, 0.2) is 48.5 Å². The number of benzene rings is 2. The van der Waals surface area contributed by atoms with Crippen molar-refractivity contribution in [1.29, 1.82) is 0 Å². The molecular weight excluding hydrogens is 755 g/mol. The number of rotatable bonds is 2. The van der Waals surface area contributed by atoms with Crippen molar-refractivity contribution in [3.63, 3.8) is 0 Å². The van der Waals surface area contributed by atoms with Gasteiger partial charge >= 0.3 is 0 Å². The molecule has 0 bridgehead atoms. The predicted octanol–water partition coefficient (Wildman–Crippen LogP) is 10.1. The second-order valence-corrected chi connectivity index (χ2v) is 28.2. The monoisotopic (exact) mass is 822 g/mol. The van der Waals surface area contributed by atoms with Gasteiger partial charge in [-0.05, 0) is 123 Å². The van der Waals surface area contributed by atoms with E-state index in [1.165, 1.54) is 99.6 Å². The van der Waals surface area contributed by atoms with Crippen molar-refractivity contribution in [3.8, 4) is 0 Å². The Labute approximate surface area is 350 Å². The van der Waals surface area contributed by atoms with Crippen molar-refractivity contribution in [1.82, 2.24) is 0 Å². The summed E-state index contributed by atoms with van der Waals surface area (Å²) in [6.45, 7) is 14.2. The lowest BCUT2D eigenvalue weighted by Crippen LogP contribution is -2.85. The van der Waals surface area contributed by atoms with E-state index in [-0.39, 0.29) is 38.9 Å². The van der Waals surface area contributed by atoms with Gasteiger partial charge in [0, 0.05) is 57.4 Å². The fourth-order valence-corrected chi connectivity index (χ4v) is 25.7. The van der Waals surface area contributed by atoms with Gasteiger partial charge in [0.2, 0.25) is 0 Å². The van der Waals surface area contributed by atoms with Gasteiger partial charge in [-0.2, -0.15) is 0 Å². The van der Waals surface area contributed by atoms with Crippen LogP contribution in [0.1, 0.15) is 130 Å². The topological polar surface area (TPSA) is 43.4 Å². The molecule has 0 amide bonds. The van der Waals surface area contributed by atoms with Gasteiger partial charge in [0.05, 0.1) is 60.9 Å². The van der Waals surface area contributed by atoms with E-state index < -0.39 is 0 Å². The lowest BCUT2D eigenvalue weighted by molar-refractivity contribution is -0.168. The lowest BCUT2D eigenvalue weighted by Gasteiger charge is -2.76. The zero-order valence-electron chi connectivity index (χ0n) is 35.9. The molecule has 6 heterocycles. The van der Waals surface area contributed by atoms with Gasteiger partial charge in [0.15, 0.2) is 0 Å². The molecule has 20 atom stereocenters. The van der Waals surface area contributed by atoms with Gasteiger partial charge in [0.1, 0.15) is 0 Å². The third-order valence-electron chi connectivity index (χ3n) is 17.9. The summed E-state index contributed by atoms with van der Waals surface area (Å²) in [7, 11) is -0.687. The van der Waals surface area contributed by atoms with Crippen molar-refractivity contribution in [2.24, 2.45) is 0 Å². The average Bonchev–Trinajstić information content (AvgIpc) is 3.21. The summed E-state index contributed by atoms with van der Waals surface area (Å²) in [6, 6.07) is 21.7. The normalized spacial score (nSPS) is 49.4. The van der Waals surface area contributed by atoms with Crippen LogP contribution in [0.4, 0.5) is 11.4 Å². The third kappa shape index (κ3) is 5.18. The van der Waals surface area contributed by atoms with Gasteiger partial charge in [-0.1, -0.05) is 81.7 Å². The molecule has 5 saturated carbocycles. The maximum Gasteiger partial charge on any atom is 0.0877 e. The van der Waals surface area contributed by atoms with Crippen molar-refractivity contribution < 1.29 is 18.9 Å².